The van der Waals surface area contributed by atoms with Crippen LogP contribution in [0.1, 0.15) is 20.8 Å². The Labute approximate surface area is 108 Å². The van der Waals surface area contributed by atoms with Gasteiger partial charge in [-0.15, -0.1) is 0 Å². The fraction of sp³-hybridized carbons (Fsp3) is 0.667. The molecular weight excluding hydrogens is 232 g/mol. The molecular formula is C12H22N4O2. The first-order valence-electron chi connectivity index (χ1n) is 6.12. The Morgan fingerprint density at radius 1 is 1.39 bits per heavy atom. The molecule has 0 saturated carbocycles. The molecule has 2 N–H and O–H groups in total. The van der Waals surface area contributed by atoms with E-state index < -0.39 is 0 Å². The first-order valence-corrected chi connectivity index (χ1v) is 6.12. The third-order valence-electron chi connectivity index (χ3n) is 2.35. The highest BCUT2D eigenvalue weighted by Gasteiger charge is 2.12. The van der Waals surface area contributed by atoms with Gasteiger partial charge in [0.1, 0.15) is 12.0 Å². The van der Waals surface area contributed by atoms with E-state index in [0.717, 1.165) is 0 Å². The number of likely N-dealkylation sites (N-methyl/N-ethyl adjacent to an activating group) is 1. The minimum Gasteiger partial charge on any atom is -0.476 e. The SMILES string of the molecule is CCOc1ncnc(N(C)CCOC(C)C)c1N. The van der Waals surface area contributed by atoms with Crippen LogP contribution in [-0.2, 0) is 4.74 Å². The van der Waals surface area contributed by atoms with E-state index in [2.05, 4.69) is 9.97 Å². The van der Waals surface area contributed by atoms with Gasteiger partial charge in [0.05, 0.1) is 19.3 Å². The van der Waals surface area contributed by atoms with Crippen molar-refractivity contribution in [1.29, 1.82) is 0 Å². The summed E-state index contributed by atoms with van der Waals surface area (Å²) in [6.07, 6.45) is 1.68. The zero-order chi connectivity index (χ0) is 13.5. The van der Waals surface area contributed by atoms with E-state index in [0.29, 0.717) is 37.1 Å². The highest BCUT2D eigenvalue weighted by Crippen LogP contribution is 2.26. The monoisotopic (exact) mass is 254 g/mol. The summed E-state index contributed by atoms with van der Waals surface area (Å²) in [4.78, 5) is 10.1. The first-order chi connectivity index (χ1) is 8.56. The van der Waals surface area contributed by atoms with Gasteiger partial charge in [-0.3, -0.25) is 0 Å². The number of anilines is 2. The summed E-state index contributed by atoms with van der Waals surface area (Å²) < 4.78 is 10.8. The zero-order valence-electron chi connectivity index (χ0n) is 11.5. The van der Waals surface area contributed by atoms with Crippen LogP contribution in [0.3, 0.4) is 0 Å². The van der Waals surface area contributed by atoms with Crippen LogP contribution in [0, 0.1) is 0 Å². The van der Waals surface area contributed by atoms with E-state index in [4.69, 9.17) is 15.2 Å². The van der Waals surface area contributed by atoms with E-state index in [9.17, 15) is 0 Å². The lowest BCUT2D eigenvalue weighted by Gasteiger charge is -2.21. The van der Waals surface area contributed by atoms with E-state index >= 15 is 0 Å². The Kier molecular flexibility index (Phi) is 5.64. The first kappa shape index (κ1) is 14.5. The topological polar surface area (TPSA) is 73.5 Å². The standard InChI is InChI=1S/C12H22N4O2/c1-5-17-12-10(13)11(14-8-15-12)16(4)6-7-18-9(2)3/h8-9H,5-7,13H2,1-4H3. The van der Waals surface area contributed by atoms with Crippen LogP contribution in [-0.4, -0.2) is 42.9 Å². The molecule has 0 spiro atoms. The van der Waals surface area contributed by atoms with Gasteiger partial charge in [-0.25, -0.2) is 4.98 Å². The second-order valence-electron chi connectivity index (χ2n) is 4.19. The van der Waals surface area contributed by atoms with Crippen molar-refractivity contribution in [2.24, 2.45) is 0 Å². The van der Waals surface area contributed by atoms with Crippen molar-refractivity contribution < 1.29 is 9.47 Å². The summed E-state index contributed by atoms with van der Waals surface area (Å²) in [5, 5.41) is 0. The Bertz CT molecular complexity index is 371. The third kappa shape index (κ3) is 4.03. The largest absolute Gasteiger partial charge is 0.476 e. The van der Waals surface area contributed by atoms with Gasteiger partial charge in [0.25, 0.3) is 0 Å². The number of rotatable bonds is 7. The van der Waals surface area contributed by atoms with Gasteiger partial charge in [0, 0.05) is 13.6 Å². The van der Waals surface area contributed by atoms with Crippen molar-refractivity contribution in [2.45, 2.75) is 26.9 Å². The molecule has 0 unspecified atom stereocenters. The maximum atomic E-state index is 5.97. The average Bonchev–Trinajstić information content (AvgIpc) is 2.31. The zero-order valence-corrected chi connectivity index (χ0v) is 11.5. The predicted octanol–water partition coefficient (Wildman–Crippen LogP) is 1.32. The fourth-order valence-electron chi connectivity index (χ4n) is 1.46. The van der Waals surface area contributed by atoms with E-state index in [1.807, 2.05) is 32.7 Å². The summed E-state index contributed by atoms with van der Waals surface area (Å²) in [5.41, 5.74) is 6.43. The van der Waals surface area contributed by atoms with Gasteiger partial charge < -0.3 is 20.1 Å². The minimum absolute atomic E-state index is 0.222. The number of nitrogen functional groups attached to an aromatic ring is 1. The number of hydrogen-bond donors (Lipinski definition) is 1. The van der Waals surface area contributed by atoms with Gasteiger partial charge in [-0.2, -0.15) is 4.98 Å². The highest BCUT2D eigenvalue weighted by molar-refractivity contribution is 5.67. The highest BCUT2D eigenvalue weighted by atomic mass is 16.5. The van der Waals surface area contributed by atoms with Crippen LogP contribution in [0.5, 0.6) is 5.88 Å². The van der Waals surface area contributed by atoms with Gasteiger partial charge in [0.2, 0.25) is 5.88 Å². The van der Waals surface area contributed by atoms with Crippen LogP contribution in [0.4, 0.5) is 11.5 Å². The quantitative estimate of drug-likeness (QED) is 0.791. The van der Waals surface area contributed by atoms with Crippen molar-refractivity contribution in [3.63, 3.8) is 0 Å². The molecule has 0 aromatic carbocycles. The van der Waals surface area contributed by atoms with Gasteiger partial charge >= 0.3 is 0 Å². The summed E-state index contributed by atoms with van der Waals surface area (Å²) in [5.74, 6) is 1.10. The third-order valence-corrected chi connectivity index (χ3v) is 2.35. The van der Waals surface area contributed by atoms with Gasteiger partial charge in [-0.1, -0.05) is 0 Å². The molecule has 0 saturated heterocycles. The Balaban J connectivity index is 2.67. The van der Waals surface area contributed by atoms with Crippen LogP contribution in [0.2, 0.25) is 0 Å². The maximum absolute atomic E-state index is 5.97. The summed E-state index contributed by atoms with van der Waals surface area (Å²) in [6.45, 7) is 7.77. The normalized spacial score (nSPS) is 10.7. The second-order valence-corrected chi connectivity index (χ2v) is 4.19. The maximum Gasteiger partial charge on any atom is 0.242 e. The molecule has 18 heavy (non-hydrogen) atoms. The van der Waals surface area contributed by atoms with E-state index in [-0.39, 0.29) is 6.10 Å². The molecule has 0 aliphatic heterocycles. The molecule has 1 aromatic heterocycles. The number of nitrogens with two attached hydrogens (primary N) is 1. The molecule has 0 aliphatic rings. The van der Waals surface area contributed by atoms with Gasteiger partial charge in [-0.05, 0) is 20.8 Å². The predicted molar refractivity (Wildman–Crippen MR) is 72.0 cm³/mol. The smallest absolute Gasteiger partial charge is 0.242 e. The van der Waals surface area contributed by atoms with Crippen LogP contribution >= 0.6 is 0 Å². The molecule has 1 rings (SSSR count). The van der Waals surface area contributed by atoms with Crippen molar-refractivity contribution in [3.05, 3.63) is 6.33 Å². The average molecular weight is 254 g/mol. The summed E-state index contributed by atoms with van der Waals surface area (Å²) in [7, 11) is 1.91. The van der Waals surface area contributed by atoms with Crippen molar-refractivity contribution in [1.82, 2.24) is 9.97 Å². The molecule has 0 atom stereocenters. The minimum atomic E-state index is 0.222. The van der Waals surface area contributed by atoms with Gasteiger partial charge in [0.15, 0.2) is 5.82 Å². The lowest BCUT2D eigenvalue weighted by atomic mass is 10.4. The molecule has 0 amide bonds. The molecule has 102 valence electrons. The van der Waals surface area contributed by atoms with Crippen LogP contribution in [0.25, 0.3) is 0 Å². The van der Waals surface area contributed by atoms with Crippen LogP contribution in [0.15, 0.2) is 6.33 Å². The molecule has 0 fully saturated rings. The number of aromatic nitrogens is 2. The van der Waals surface area contributed by atoms with Crippen molar-refractivity contribution in [2.75, 3.05) is 37.4 Å². The van der Waals surface area contributed by atoms with Crippen molar-refractivity contribution >= 4 is 11.5 Å². The lowest BCUT2D eigenvalue weighted by molar-refractivity contribution is 0.0845. The van der Waals surface area contributed by atoms with E-state index in [1.54, 1.807) is 0 Å². The molecule has 1 aromatic rings. The molecule has 0 aliphatic carbocycles. The molecule has 6 nitrogen and oxygen atoms in total. The fourth-order valence-corrected chi connectivity index (χ4v) is 1.46. The Morgan fingerprint density at radius 2 is 2.11 bits per heavy atom. The summed E-state index contributed by atoms with van der Waals surface area (Å²) >= 11 is 0. The Morgan fingerprint density at radius 3 is 2.72 bits per heavy atom. The molecule has 0 bridgehead atoms. The van der Waals surface area contributed by atoms with Crippen LogP contribution < -0.4 is 15.4 Å². The molecule has 0 radical (unpaired) electrons. The lowest BCUT2D eigenvalue weighted by Crippen LogP contribution is -2.26. The number of ether oxygens (including phenoxy) is 2. The molecule has 6 heteroatoms. The number of nitrogens with zero attached hydrogens (tertiary/aromatic N) is 3. The Hall–Kier alpha value is -1.56. The van der Waals surface area contributed by atoms with Crippen molar-refractivity contribution in [3.8, 4) is 5.88 Å². The second kappa shape index (κ2) is 7.00. The number of hydrogen-bond acceptors (Lipinski definition) is 6. The molecule has 1 heterocycles. The summed E-state index contributed by atoms with van der Waals surface area (Å²) in [6, 6.07) is 0. The van der Waals surface area contributed by atoms with E-state index in [1.165, 1.54) is 6.33 Å².